The van der Waals surface area contributed by atoms with Gasteiger partial charge >= 0.3 is 5.97 Å². The van der Waals surface area contributed by atoms with Crippen molar-refractivity contribution in [3.05, 3.63) is 59.1 Å². The van der Waals surface area contributed by atoms with Gasteiger partial charge in [-0.15, -0.1) is 11.8 Å². The van der Waals surface area contributed by atoms with Crippen molar-refractivity contribution < 1.29 is 14.5 Å². The Kier molecular flexibility index (Phi) is 7.21. The van der Waals surface area contributed by atoms with Crippen LogP contribution in [0.5, 0.6) is 0 Å². The first-order valence-corrected chi connectivity index (χ1v) is 12.7. The number of halogens is 1. The third kappa shape index (κ3) is 5.61. The lowest BCUT2D eigenvalue weighted by molar-refractivity contribution is 0.0526. The van der Waals surface area contributed by atoms with E-state index in [1.807, 2.05) is 36.0 Å². The Morgan fingerprint density at radius 1 is 1.20 bits per heavy atom. The Hall–Kier alpha value is -3.08. The molecule has 1 saturated heterocycles. The van der Waals surface area contributed by atoms with Gasteiger partial charge in [0.15, 0.2) is 17.8 Å². The van der Waals surface area contributed by atoms with Crippen molar-refractivity contribution >= 4 is 52.5 Å². The van der Waals surface area contributed by atoms with E-state index in [-0.39, 0.29) is 5.97 Å². The summed E-state index contributed by atoms with van der Waals surface area (Å²) >= 11 is 7.90. The number of hydrogen-bond acceptors (Lipinski definition) is 10. The van der Waals surface area contributed by atoms with Gasteiger partial charge in [-0.2, -0.15) is 0 Å². The molecule has 0 aromatic heterocycles. The van der Waals surface area contributed by atoms with Crippen molar-refractivity contribution in [2.24, 2.45) is 15.1 Å². The molecule has 2 aromatic carbocycles. The summed E-state index contributed by atoms with van der Waals surface area (Å²) < 4.78 is 5.06. The first-order valence-electron chi connectivity index (χ1n) is 11.5. The van der Waals surface area contributed by atoms with Gasteiger partial charge in [-0.05, 0) is 73.5 Å². The van der Waals surface area contributed by atoms with Crippen LogP contribution in [0.2, 0.25) is 5.02 Å². The van der Waals surface area contributed by atoms with E-state index in [4.69, 9.17) is 31.3 Å². The summed E-state index contributed by atoms with van der Waals surface area (Å²) in [6, 6.07) is 15.1. The Bertz CT molecular complexity index is 1160. The molecule has 0 bridgehead atoms. The Balaban J connectivity index is 1.27. The molecule has 3 aliphatic rings. The van der Waals surface area contributed by atoms with Gasteiger partial charge in [-0.3, -0.25) is 4.94 Å². The maximum Gasteiger partial charge on any atom is 0.338 e. The van der Waals surface area contributed by atoms with Gasteiger partial charge in [0.05, 0.1) is 12.2 Å². The number of amidine groups is 3. The molecule has 2 N–H and O–H groups in total. The third-order valence-corrected chi connectivity index (χ3v) is 7.36. The zero-order valence-corrected chi connectivity index (χ0v) is 20.7. The molecule has 1 fully saturated rings. The fourth-order valence-corrected chi connectivity index (χ4v) is 5.23. The summed E-state index contributed by atoms with van der Waals surface area (Å²) in [5.74, 6) is 1.51. The molecule has 9 nitrogen and oxygen atoms in total. The number of fused-ring (bicyclic) bond motifs is 1. The lowest BCUT2D eigenvalue weighted by Crippen LogP contribution is -2.49. The monoisotopic (exact) mass is 512 g/mol. The van der Waals surface area contributed by atoms with Crippen molar-refractivity contribution in [1.29, 1.82) is 0 Å². The van der Waals surface area contributed by atoms with Gasteiger partial charge in [0.1, 0.15) is 0 Å². The van der Waals surface area contributed by atoms with Gasteiger partial charge in [0.25, 0.3) is 0 Å². The summed E-state index contributed by atoms with van der Waals surface area (Å²) in [6.45, 7) is 3.82. The maximum absolute atomic E-state index is 12.0. The number of oxime groups is 1. The molecule has 3 aliphatic heterocycles. The van der Waals surface area contributed by atoms with E-state index in [0.717, 1.165) is 42.5 Å². The number of ether oxygens (including phenoxy) is 1. The van der Waals surface area contributed by atoms with Gasteiger partial charge in [0.2, 0.25) is 5.84 Å². The highest BCUT2D eigenvalue weighted by Crippen LogP contribution is 2.31. The number of likely N-dealkylation sites (tertiary alicyclic amines) is 1. The molecule has 2 aromatic rings. The lowest BCUT2D eigenvalue weighted by atomic mass is 10.1. The summed E-state index contributed by atoms with van der Waals surface area (Å²) in [4.78, 5) is 29.9. The molecule has 35 heavy (non-hydrogen) atoms. The largest absolute Gasteiger partial charge is 0.462 e. The molecule has 0 spiro atoms. The number of thioether (sulfide) groups is 1. The van der Waals surface area contributed by atoms with Gasteiger partial charge in [0, 0.05) is 33.9 Å². The molecule has 0 aliphatic carbocycles. The van der Waals surface area contributed by atoms with Crippen LogP contribution in [0.25, 0.3) is 0 Å². The van der Waals surface area contributed by atoms with Crippen molar-refractivity contribution in [1.82, 2.24) is 10.4 Å². The van der Waals surface area contributed by atoms with Crippen molar-refractivity contribution in [2.45, 2.75) is 36.1 Å². The maximum atomic E-state index is 12.0. The number of carbonyl (C=O) groups excluding carboxylic acids is 1. The number of benzene rings is 2. The number of hydroxylamine groups is 1. The first kappa shape index (κ1) is 23.7. The van der Waals surface area contributed by atoms with Crippen LogP contribution >= 0.6 is 23.4 Å². The van der Waals surface area contributed by atoms with Crippen LogP contribution in [-0.2, 0) is 9.68 Å². The number of nitrogens with zero attached hydrogens (tertiary/aromatic N) is 4. The summed E-state index contributed by atoms with van der Waals surface area (Å²) in [5, 5.41) is 8.58. The number of piperidine rings is 1. The first-order chi connectivity index (χ1) is 17.1. The van der Waals surface area contributed by atoms with Crippen LogP contribution in [0.1, 0.15) is 30.1 Å². The number of carbonyl (C=O) groups is 1. The van der Waals surface area contributed by atoms with Gasteiger partial charge in [-0.25, -0.2) is 14.8 Å². The average molecular weight is 513 g/mol. The minimum atomic E-state index is -0.460. The van der Waals surface area contributed by atoms with Crippen LogP contribution in [0.15, 0.2) is 68.6 Å². The van der Waals surface area contributed by atoms with Gasteiger partial charge in [-0.1, -0.05) is 17.1 Å². The Morgan fingerprint density at radius 2 is 1.94 bits per heavy atom. The molecular weight excluding hydrogens is 488 g/mol. The van der Waals surface area contributed by atoms with Crippen molar-refractivity contribution in [3.8, 4) is 0 Å². The Morgan fingerprint density at radius 3 is 2.66 bits per heavy atom. The van der Waals surface area contributed by atoms with E-state index in [2.05, 4.69) is 33.0 Å². The summed E-state index contributed by atoms with van der Waals surface area (Å²) in [7, 11) is 0. The van der Waals surface area contributed by atoms with E-state index in [1.54, 1.807) is 19.1 Å². The van der Waals surface area contributed by atoms with E-state index >= 15 is 0 Å². The van der Waals surface area contributed by atoms with Crippen LogP contribution < -0.4 is 10.8 Å². The molecule has 3 heterocycles. The molecule has 182 valence electrons. The molecule has 0 amide bonds. The third-order valence-electron chi connectivity index (χ3n) is 5.76. The minimum absolute atomic E-state index is 0.338. The van der Waals surface area contributed by atoms with Crippen LogP contribution in [0.4, 0.5) is 5.69 Å². The number of hydrogen-bond donors (Lipinski definition) is 2. The standard InChI is InChI=1S/C24H25ClN6O3S/c1-2-33-24(32)15-3-7-17(8-4-15)26-22-23(28-21-20(27-22)29-34-30-21)31-13-11-19(12-14-31)35-18-9-5-16(25)6-10-18/h3-10,19-20,29H,2,11-14H2,1H3,(H,26,27). The minimum Gasteiger partial charge on any atom is -0.462 e. The fourth-order valence-electron chi connectivity index (χ4n) is 3.98. The summed E-state index contributed by atoms with van der Waals surface area (Å²) in [6.07, 6.45) is 1.56. The smallest absolute Gasteiger partial charge is 0.338 e. The number of aliphatic imine (C=N–C) groups is 2. The fraction of sp³-hybridized carbons (Fsp3) is 0.333. The zero-order valence-electron chi connectivity index (χ0n) is 19.1. The number of nitrogens with one attached hydrogen (secondary N) is 2. The molecular formula is C24H25ClN6O3S. The normalized spacial score (nSPS) is 19.8. The van der Waals surface area contributed by atoms with Gasteiger partial charge < -0.3 is 15.0 Å². The van der Waals surface area contributed by atoms with E-state index in [1.165, 1.54) is 4.90 Å². The van der Waals surface area contributed by atoms with Crippen molar-refractivity contribution in [2.75, 3.05) is 25.0 Å². The highest BCUT2D eigenvalue weighted by atomic mass is 35.5. The van der Waals surface area contributed by atoms with Crippen LogP contribution in [0.3, 0.4) is 0 Å². The van der Waals surface area contributed by atoms with Crippen molar-refractivity contribution in [3.63, 3.8) is 0 Å². The molecule has 11 heteroatoms. The van der Waals surface area contributed by atoms with E-state index in [9.17, 15) is 4.79 Å². The van der Waals surface area contributed by atoms with E-state index < -0.39 is 6.17 Å². The second-order valence-electron chi connectivity index (χ2n) is 8.16. The summed E-state index contributed by atoms with van der Waals surface area (Å²) in [5.41, 5.74) is 4.03. The second kappa shape index (κ2) is 10.7. The quantitative estimate of drug-likeness (QED) is 0.580. The second-order valence-corrected chi connectivity index (χ2v) is 9.97. The number of esters is 1. The molecule has 1 atom stereocenters. The predicted molar refractivity (Wildman–Crippen MR) is 138 cm³/mol. The topological polar surface area (TPSA) is 99.9 Å². The van der Waals surface area contributed by atoms with Crippen LogP contribution in [-0.4, -0.2) is 59.5 Å². The predicted octanol–water partition coefficient (Wildman–Crippen LogP) is 4.17. The SMILES string of the molecule is CCOC(=O)c1ccc(NC2=NC3NON=C3N=C2N2CCC(Sc3ccc(Cl)cc3)CC2)cc1. The molecule has 5 rings (SSSR count). The highest BCUT2D eigenvalue weighted by Gasteiger charge is 2.33. The Labute approximate surface area is 212 Å². The lowest BCUT2D eigenvalue weighted by Gasteiger charge is -2.35. The number of rotatable bonds is 5. The molecule has 0 saturated carbocycles. The van der Waals surface area contributed by atoms with E-state index in [0.29, 0.717) is 29.1 Å². The average Bonchev–Trinajstić information content (AvgIpc) is 3.34. The zero-order chi connectivity index (χ0) is 24.2. The number of anilines is 1. The highest BCUT2D eigenvalue weighted by molar-refractivity contribution is 8.00. The molecule has 0 radical (unpaired) electrons. The van der Waals surface area contributed by atoms with Crippen LogP contribution in [0, 0.1) is 0 Å². The molecule has 1 unspecified atom stereocenters.